The SMILES string of the molecule is Cc1cc(C(=O)C(C)Cl)c(C)n1N1CCCCC1. The third-order valence-corrected chi connectivity index (χ3v) is 3.84. The molecule has 0 saturated carbocycles. The number of halogens is 1. The van der Waals surface area contributed by atoms with Crippen LogP contribution in [0.15, 0.2) is 6.07 Å². The number of aryl methyl sites for hydroxylation is 1. The molecule has 4 heteroatoms. The van der Waals surface area contributed by atoms with Gasteiger partial charge in [0.15, 0.2) is 5.78 Å². The molecule has 0 N–H and O–H groups in total. The van der Waals surface area contributed by atoms with Crippen LogP contribution >= 0.6 is 11.6 Å². The second-order valence-electron chi connectivity index (χ2n) is 5.09. The first-order chi connectivity index (χ1) is 8.52. The molecule has 1 aromatic rings. The van der Waals surface area contributed by atoms with Crippen molar-refractivity contribution in [1.82, 2.24) is 4.68 Å². The van der Waals surface area contributed by atoms with Gasteiger partial charge in [-0.05, 0) is 46.1 Å². The molecular formula is C14H21ClN2O. The zero-order valence-electron chi connectivity index (χ0n) is 11.4. The highest BCUT2D eigenvalue weighted by Gasteiger charge is 2.22. The molecule has 0 spiro atoms. The molecule has 0 aromatic carbocycles. The number of carbonyl (C=O) groups excluding carboxylic acids is 1. The van der Waals surface area contributed by atoms with Gasteiger partial charge in [-0.3, -0.25) is 9.47 Å². The first kappa shape index (κ1) is 13.5. The van der Waals surface area contributed by atoms with E-state index in [9.17, 15) is 4.79 Å². The summed E-state index contributed by atoms with van der Waals surface area (Å²) in [6.45, 7) is 7.93. The van der Waals surface area contributed by atoms with Crippen LogP contribution in [0.5, 0.6) is 0 Å². The van der Waals surface area contributed by atoms with Crippen molar-refractivity contribution in [1.29, 1.82) is 0 Å². The van der Waals surface area contributed by atoms with Crippen LogP contribution in [-0.2, 0) is 0 Å². The van der Waals surface area contributed by atoms with Crippen LogP contribution in [0.1, 0.15) is 47.9 Å². The molecule has 2 rings (SSSR count). The van der Waals surface area contributed by atoms with E-state index < -0.39 is 5.38 Å². The molecule has 0 radical (unpaired) electrons. The smallest absolute Gasteiger partial charge is 0.182 e. The van der Waals surface area contributed by atoms with Crippen LogP contribution in [0.25, 0.3) is 0 Å². The predicted molar refractivity (Wildman–Crippen MR) is 75.4 cm³/mol. The standard InChI is InChI=1S/C14H21ClN2O/c1-10-9-13(14(18)11(2)15)12(3)17(10)16-7-5-4-6-8-16/h9,11H,4-8H2,1-3H3. The molecule has 1 fully saturated rings. The van der Waals surface area contributed by atoms with Gasteiger partial charge in [-0.15, -0.1) is 11.6 Å². The van der Waals surface area contributed by atoms with E-state index in [1.807, 2.05) is 13.0 Å². The van der Waals surface area contributed by atoms with Crippen molar-refractivity contribution in [3.63, 3.8) is 0 Å². The molecule has 0 amide bonds. The molecule has 0 bridgehead atoms. The largest absolute Gasteiger partial charge is 0.313 e. The van der Waals surface area contributed by atoms with Gasteiger partial charge in [0.05, 0.1) is 5.38 Å². The van der Waals surface area contributed by atoms with Gasteiger partial charge in [-0.1, -0.05) is 0 Å². The predicted octanol–water partition coefficient (Wildman–Crippen LogP) is 3.04. The second-order valence-corrected chi connectivity index (χ2v) is 5.75. The molecule has 1 aromatic heterocycles. The highest BCUT2D eigenvalue weighted by Crippen LogP contribution is 2.20. The maximum absolute atomic E-state index is 12.0. The van der Waals surface area contributed by atoms with Crippen molar-refractivity contribution >= 4 is 17.4 Å². The fraction of sp³-hybridized carbons (Fsp3) is 0.643. The maximum atomic E-state index is 12.0. The average molecular weight is 269 g/mol. The quantitative estimate of drug-likeness (QED) is 0.622. The van der Waals surface area contributed by atoms with Crippen molar-refractivity contribution < 1.29 is 4.79 Å². The topological polar surface area (TPSA) is 25.2 Å². The van der Waals surface area contributed by atoms with Gasteiger partial charge in [-0.2, -0.15) is 0 Å². The number of ketones is 1. The molecule has 100 valence electrons. The van der Waals surface area contributed by atoms with E-state index in [2.05, 4.69) is 16.6 Å². The Morgan fingerprint density at radius 3 is 2.44 bits per heavy atom. The Hall–Kier alpha value is -0.960. The van der Waals surface area contributed by atoms with E-state index in [1.165, 1.54) is 19.3 Å². The Morgan fingerprint density at radius 2 is 1.89 bits per heavy atom. The van der Waals surface area contributed by atoms with Gasteiger partial charge >= 0.3 is 0 Å². The number of aromatic nitrogens is 1. The third-order valence-electron chi connectivity index (χ3n) is 3.64. The monoisotopic (exact) mass is 268 g/mol. The number of hydrogen-bond donors (Lipinski definition) is 0. The Kier molecular flexibility index (Phi) is 4.00. The Bertz CT molecular complexity index is 445. The van der Waals surface area contributed by atoms with Gasteiger partial charge in [0.25, 0.3) is 0 Å². The first-order valence-electron chi connectivity index (χ1n) is 6.65. The summed E-state index contributed by atoms with van der Waals surface area (Å²) >= 11 is 5.91. The number of hydrogen-bond acceptors (Lipinski definition) is 2. The Balaban J connectivity index is 2.34. The molecule has 1 unspecified atom stereocenters. The Labute approximate surface area is 114 Å². The summed E-state index contributed by atoms with van der Waals surface area (Å²) in [4.78, 5) is 12.0. The number of rotatable bonds is 3. The van der Waals surface area contributed by atoms with Gasteiger partial charge in [0, 0.05) is 30.0 Å². The number of nitrogens with zero attached hydrogens (tertiary/aromatic N) is 2. The van der Waals surface area contributed by atoms with Crippen molar-refractivity contribution in [3.05, 3.63) is 23.0 Å². The Morgan fingerprint density at radius 1 is 1.28 bits per heavy atom. The second kappa shape index (κ2) is 5.35. The minimum absolute atomic E-state index is 0.0213. The van der Waals surface area contributed by atoms with Crippen molar-refractivity contribution in [2.75, 3.05) is 18.1 Å². The van der Waals surface area contributed by atoms with Crippen LogP contribution < -0.4 is 5.01 Å². The van der Waals surface area contributed by atoms with Crippen LogP contribution in [0.3, 0.4) is 0 Å². The summed E-state index contributed by atoms with van der Waals surface area (Å²) in [5.74, 6) is 0.0213. The van der Waals surface area contributed by atoms with Crippen molar-refractivity contribution in [2.24, 2.45) is 0 Å². The van der Waals surface area contributed by atoms with Gasteiger partial charge in [0.2, 0.25) is 0 Å². The zero-order valence-corrected chi connectivity index (χ0v) is 12.1. The lowest BCUT2D eigenvalue weighted by molar-refractivity contribution is 0.0991. The summed E-state index contributed by atoms with van der Waals surface area (Å²) in [6.07, 6.45) is 3.76. The van der Waals surface area contributed by atoms with E-state index in [-0.39, 0.29) is 5.78 Å². The molecule has 3 nitrogen and oxygen atoms in total. The minimum atomic E-state index is -0.458. The number of piperidine rings is 1. The molecule has 1 saturated heterocycles. The lowest BCUT2D eigenvalue weighted by atomic mass is 10.1. The lowest BCUT2D eigenvalue weighted by Crippen LogP contribution is -2.40. The summed E-state index contributed by atoms with van der Waals surface area (Å²) in [5.41, 5.74) is 2.91. The van der Waals surface area contributed by atoms with E-state index in [0.29, 0.717) is 0 Å². The molecule has 0 aliphatic carbocycles. The summed E-state index contributed by atoms with van der Waals surface area (Å²) in [5, 5.41) is 1.88. The number of alkyl halides is 1. The van der Waals surface area contributed by atoms with Gasteiger partial charge in [0.1, 0.15) is 0 Å². The first-order valence-corrected chi connectivity index (χ1v) is 7.08. The van der Waals surface area contributed by atoms with Crippen LogP contribution in [0, 0.1) is 13.8 Å². The summed E-state index contributed by atoms with van der Waals surface area (Å²) < 4.78 is 2.19. The van der Waals surface area contributed by atoms with Gasteiger partial charge < -0.3 is 5.01 Å². The normalized spacial score (nSPS) is 17.9. The molecule has 18 heavy (non-hydrogen) atoms. The third kappa shape index (κ3) is 2.41. The van der Waals surface area contributed by atoms with E-state index in [0.717, 1.165) is 30.0 Å². The average Bonchev–Trinajstić information content (AvgIpc) is 2.65. The van der Waals surface area contributed by atoms with Crippen molar-refractivity contribution in [2.45, 2.75) is 45.4 Å². The zero-order chi connectivity index (χ0) is 13.3. The highest BCUT2D eigenvalue weighted by atomic mass is 35.5. The fourth-order valence-electron chi connectivity index (χ4n) is 2.73. The fourth-order valence-corrected chi connectivity index (χ4v) is 2.85. The summed E-state index contributed by atoms with van der Waals surface area (Å²) in [7, 11) is 0. The molecule has 1 atom stereocenters. The van der Waals surface area contributed by atoms with E-state index >= 15 is 0 Å². The lowest BCUT2D eigenvalue weighted by Gasteiger charge is -2.32. The molecular weight excluding hydrogens is 248 g/mol. The van der Waals surface area contributed by atoms with E-state index in [1.54, 1.807) is 6.92 Å². The molecule has 1 aliphatic heterocycles. The molecule has 1 aliphatic rings. The summed E-state index contributed by atoms with van der Waals surface area (Å²) in [6, 6.07) is 1.96. The number of carbonyl (C=O) groups is 1. The van der Waals surface area contributed by atoms with Crippen LogP contribution in [0.2, 0.25) is 0 Å². The number of Topliss-reactive ketones (excluding diaryl/α,β-unsaturated/α-hetero) is 1. The molecule has 2 heterocycles. The van der Waals surface area contributed by atoms with E-state index in [4.69, 9.17) is 11.6 Å². The van der Waals surface area contributed by atoms with Crippen molar-refractivity contribution in [3.8, 4) is 0 Å². The van der Waals surface area contributed by atoms with Crippen LogP contribution in [0.4, 0.5) is 0 Å². The highest BCUT2D eigenvalue weighted by molar-refractivity contribution is 6.33. The van der Waals surface area contributed by atoms with Crippen LogP contribution in [-0.4, -0.2) is 28.9 Å². The van der Waals surface area contributed by atoms with Gasteiger partial charge in [-0.25, -0.2) is 0 Å². The minimum Gasteiger partial charge on any atom is -0.313 e. The maximum Gasteiger partial charge on any atom is 0.182 e.